The predicted molar refractivity (Wildman–Crippen MR) is 51.5 cm³/mol. The van der Waals surface area contributed by atoms with E-state index in [1.165, 1.54) is 12.1 Å². The van der Waals surface area contributed by atoms with E-state index in [0.717, 1.165) is 5.56 Å². The van der Waals surface area contributed by atoms with Crippen LogP contribution in [0.5, 0.6) is 5.75 Å². The molecule has 0 amide bonds. The smallest absolute Gasteiger partial charge is 0.306 e. The Bertz CT molecular complexity index is 290. The quantitative estimate of drug-likeness (QED) is 0.689. The van der Waals surface area contributed by atoms with Crippen molar-refractivity contribution < 1.29 is 14.6 Å². The van der Waals surface area contributed by atoms with Crippen LogP contribution in [0.2, 0.25) is 0 Å². The SMILES string of the molecule is CCOC(=O)CCc1ccc([O])cc1. The Kier molecular flexibility index (Phi) is 3.98. The molecule has 1 aromatic carbocycles. The van der Waals surface area contributed by atoms with Crippen molar-refractivity contribution in [2.24, 2.45) is 0 Å². The van der Waals surface area contributed by atoms with Gasteiger partial charge in [0.1, 0.15) is 0 Å². The number of benzene rings is 1. The summed E-state index contributed by atoms with van der Waals surface area (Å²) in [5, 5.41) is 10.8. The Labute approximate surface area is 83.3 Å². The molecule has 0 aliphatic heterocycles. The zero-order chi connectivity index (χ0) is 10.4. The second-order valence-electron chi connectivity index (χ2n) is 2.95. The fraction of sp³-hybridized carbons (Fsp3) is 0.364. The summed E-state index contributed by atoms with van der Waals surface area (Å²) in [6.07, 6.45) is 0.991. The third-order valence-electron chi connectivity index (χ3n) is 1.85. The van der Waals surface area contributed by atoms with Crippen LogP contribution in [-0.4, -0.2) is 12.6 Å². The molecule has 0 saturated heterocycles. The van der Waals surface area contributed by atoms with Gasteiger partial charge in [0, 0.05) is 6.42 Å². The van der Waals surface area contributed by atoms with Gasteiger partial charge in [-0.05, 0) is 31.0 Å². The van der Waals surface area contributed by atoms with E-state index in [-0.39, 0.29) is 11.7 Å². The lowest BCUT2D eigenvalue weighted by Crippen LogP contribution is -2.04. The number of aryl methyl sites for hydroxylation is 1. The summed E-state index contributed by atoms with van der Waals surface area (Å²) in [4.78, 5) is 11.0. The molecule has 1 rings (SSSR count). The highest BCUT2D eigenvalue weighted by Crippen LogP contribution is 2.11. The van der Waals surface area contributed by atoms with Crippen molar-refractivity contribution in [2.45, 2.75) is 19.8 Å². The summed E-state index contributed by atoms with van der Waals surface area (Å²) >= 11 is 0. The van der Waals surface area contributed by atoms with Crippen LogP contribution in [0.25, 0.3) is 0 Å². The monoisotopic (exact) mass is 193 g/mol. The Morgan fingerprint density at radius 2 is 1.93 bits per heavy atom. The van der Waals surface area contributed by atoms with Crippen molar-refractivity contribution >= 4 is 5.97 Å². The van der Waals surface area contributed by atoms with E-state index >= 15 is 0 Å². The molecule has 0 bridgehead atoms. The molecule has 1 radical (unpaired) electrons. The molecule has 75 valence electrons. The van der Waals surface area contributed by atoms with E-state index in [9.17, 15) is 9.90 Å². The van der Waals surface area contributed by atoms with Crippen LogP contribution in [0.3, 0.4) is 0 Å². The van der Waals surface area contributed by atoms with Crippen LogP contribution in [0.1, 0.15) is 18.9 Å². The van der Waals surface area contributed by atoms with Crippen molar-refractivity contribution in [3.8, 4) is 5.75 Å². The third-order valence-corrected chi connectivity index (χ3v) is 1.85. The number of esters is 1. The molecule has 3 nitrogen and oxygen atoms in total. The van der Waals surface area contributed by atoms with Crippen LogP contribution < -0.4 is 0 Å². The van der Waals surface area contributed by atoms with E-state index in [2.05, 4.69) is 0 Å². The zero-order valence-electron chi connectivity index (χ0n) is 8.16. The van der Waals surface area contributed by atoms with Gasteiger partial charge in [0.25, 0.3) is 0 Å². The molecule has 0 saturated carbocycles. The lowest BCUT2D eigenvalue weighted by atomic mass is 10.1. The minimum absolute atomic E-state index is 0.00937. The summed E-state index contributed by atoms with van der Waals surface area (Å²) < 4.78 is 4.79. The Balaban J connectivity index is 2.38. The van der Waals surface area contributed by atoms with Crippen LogP contribution >= 0.6 is 0 Å². The van der Waals surface area contributed by atoms with Crippen molar-refractivity contribution in [1.82, 2.24) is 0 Å². The minimum Gasteiger partial charge on any atom is -0.466 e. The van der Waals surface area contributed by atoms with Crippen molar-refractivity contribution in [3.05, 3.63) is 29.8 Å². The summed E-state index contributed by atoms with van der Waals surface area (Å²) in [7, 11) is 0. The van der Waals surface area contributed by atoms with Gasteiger partial charge in [0.2, 0.25) is 0 Å². The van der Waals surface area contributed by atoms with Gasteiger partial charge >= 0.3 is 5.97 Å². The van der Waals surface area contributed by atoms with Crippen LogP contribution in [0.4, 0.5) is 0 Å². The second kappa shape index (κ2) is 5.27. The average Bonchev–Trinajstić information content (AvgIpc) is 2.17. The first-order valence-corrected chi connectivity index (χ1v) is 4.64. The maximum absolute atomic E-state index is 11.0. The van der Waals surface area contributed by atoms with Crippen molar-refractivity contribution in [3.63, 3.8) is 0 Å². The molecular formula is C11H13O3. The van der Waals surface area contributed by atoms with Crippen LogP contribution in [-0.2, 0) is 21.1 Å². The number of carbonyl (C=O) groups is 1. The van der Waals surface area contributed by atoms with E-state index in [1.54, 1.807) is 19.1 Å². The molecule has 0 aliphatic carbocycles. The highest BCUT2D eigenvalue weighted by Gasteiger charge is 2.02. The lowest BCUT2D eigenvalue weighted by molar-refractivity contribution is -0.143. The number of rotatable bonds is 4. The van der Waals surface area contributed by atoms with Crippen LogP contribution in [0.15, 0.2) is 24.3 Å². The molecule has 14 heavy (non-hydrogen) atoms. The number of ether oxygens (including phenoxy) is 1. The summed E-state index contributed by atoms with van der Waals surface area (Å²) in [6, 6.07) is 6.48. The van der Waals surface area contributed by atoms with Gasteiger partial charge in [-0.15, -0.1) is 0 Å². The van der Waals surface area contributed by atoms with E-state index in [0.29, 0.717) is 19.4 Å². The summed E-state index contributed by atoms with van der Waals surface area (Å²) in [5.41, 5.74) is 0.984. The van der Waals surface area contributed by atoms with Gasteiger partial charge in [-0.3, -0.25) is 9.90 Å². The normalized spacial score (nSPS) is 9.79. The molecule has 1 aromatic rings. The largest absolute Gasteiger partial charge is 0.466 e. The van der Waals surface area contributed by atoms with E-state index in [4.69, 9.17) is 4.74 Å². The van der Waals surface area contributed by atoms with Gasteiger partial charge < -0.3 is 4.74 Å². The fourth-order valence-electron chi connectivity index (χ4n) is 1.14. The van der Waals surface area contributed by atoms with E-state index < -0.39 is 0 Å². The fourth-order valence-corrected chi connectivity index (χ4v) is 1.14. The topological polar surface area (TPSA) is 46.2 Å². The molecule has 0 fully saturated rings. The first kappa shape index (κ1) is 10.6. The average molecular weight is 193 g/mol. The highest BCUT2D eigenvalue weighted by molar-refractivity contribution is 5.69. The second-order valence-corrected chi connectivity index (χ2v) is 2.95. The van der Waals surface area contributed by atoms with E-state index in [1.807, 2.05) is 0 Å². The summed E-state index contributed by atoms with van der Waals surface area (Å²) in [6.45, 7) is 2.20. The van der Waals surface area contributed by atoms with Crippen molar-refractivity contribution in [1.29, 1.82) is 0 Å². The highest BCUT2D eigenvalue weighted by atomic mass is 16.5. The summed E-state index contributed by atoms with van der Waals surface area (Å²) in [5.74, 6) is -0.205. The first-order chi connectivity index (χ1) is 6.72. The molecule has 0 heterocycles. The number of hydrogen-bond donors (Lipinski definition) is 0. The number of carbonyl (C=O) groups excluding carboxylic acids is 1. The maximum Gasteiger partial charge on any atom is 0.306 e. The Hall–Kier alpha value is -1.51. The first-order valence-electron chi connectivity index (χ1n) is 4.64. The predicted octanol–water partition coefficient (Wildman–Crippen LogP) is 2.33. The van der Waals surface area contributed by atoms with Crippen molar-refractivity contribution in [2.75, 3.05) is 6.61 Å². The molecule has 0 aliphatic rings. The van der Waals surface area contributed by atoms with Gasteiger partial charge in [-0.2, -0.15) is 0 Å². The minimum atomic E-state index is -0.196. The molecular weight excluding hydrogens is 180 g/mol. The molecule has 0 aromatic heterocycles. The number of hydrogen-bond acceptors (Lipinski definition) is 2. The molecule has 0 spiro atoms. The maximum atomic E-state index is 11.0. The molecule has 3 heteroatoms. The van der Waals surface area contributed by atoms with Gasteiger partial charge in [0.15, 0.2) is 5.75 Å². The molecule has 0 N–H and O–H groups in total. The molecule has 0 unspecified atom stereocenters. The standard InChI is InChI=1S/C11H13O3/c1-2-14-11(13)8-5-9-3-6-10(12)7-4-9/h3-4,6-7H,2,5,8H2,1H3. The Morgan fingerprint density at radius 1 is 1.29 bits per heavy atom. The third kappa shape index (κ3) is 3.47. The van der Waals surface area contributed by atoms with Gasteiger partial charge in [0.05, 0.1) is 6.61 Å². The zero-order valence-corrected chi connectivity index (χ0v) is 8.16. The Morgan fingerprint density at radius 3 is 2.50 bits per heavy atom. The lowest BCUT2D eigenvalue weighted by Gasteiger charge is -2.01. The van der Waals surface area contributed by atoms with Gasteiger partial charge in [-0.25, -0.2) is 0 Å². The van der Waals surface area contributed by atoms with Gasteiger partial charge in [-0.1, -0.05) is 12.1 Å². The molecule has 0 atom stereocenters. The van der Waals surface area contributed by atoms with Crippen LogP contribution in [0, 0.1) is 0 Å².